The molecule has 0 aromatic carbocycles. The maximum atomic E-state index is 5.66. The van der Waals surface area contributed by atoms with Crippen LogP contribution in [-0.2, 0) is 9.68 Å². The van der Waals surface area contributed by atoms with Crippen molar-refractivity contribution in [1.82, 2.24) is 10.2 Å². The van der Waals surface area contributed by atoms with Gasteiger partial charge in [-0.1, -0.05) is 0 Å². The fraction of sp³-hybridized carbons (Fsp3) is 0.667. The van der Waals surface area contributed by atoms with Crippen molar-refractivity contribution < 1.29 is 9.68 Å². The summed E-state index contributed by atoms with van der Waals surface area (Å²) in [7, 11) is 0. The molecule has 1 aliphatic rings. The third kappa shape index (κ3) is 1.29. The summed E-state index contributed by atoms with van der Waals surface area (Å²) in [6.45, 7) is 7.97. The molecule has 0 aliphatic carbocycles. The number of hydrogen-bond acceptors (Lipinski definition) is 4. The van der Waals surface area contributed by atoms with Gasteiger partial charge in [-0.25, -0.2) is 9.68 Å². The van der Waals surface area contributed by atoms with E-state index in [9.17, 15) is 0 Å². The Morgan fingerprint density at radius 1 is 1.21 bits per heavy atom. The van der Waals surface area contributed by atoms with Crippen LogP contribution in [0.15, 0.2) is 12.4 Å². The van der Waals surface area contributed by atoms with E-state index in [0.717, 1.165) is 5.69 Å². The van der Waals surface area contributed by atoms with Gasteiger partial charge in [0.05, 0.1) is 12.4 Å². The van der Waals surface area contributed by atoms with Crippen LogP contribution in [0.2, 0.25) is 0 Å². The molecule has 1 aromatic rings. The van der Waals surface area contributed by atoms with Crippen LogP contribution in [0.3, 0.4) is 0 Å². The maximum absolute atomic E-state index is 5.66. The van der Waals surface area contributed by atoms with Crippen molar-refractivity contribution in [2.24, 2.45) is 0 Å². The van der Waals surface area contributed by atoms with Crippen molar-refractivity contribution in [3.8, 4) is 0 Å². The van der Waals surface area contributed by atoms with E-state index in [1.807, 2.05) is 27.7 Å². The zero-order chi connectivity index (χ0) is 10.4. The van der Waals surface area contributed by atoms with Gasteiger partial charge in [-0.15, -0.1) is 5.23 Å². The van der Waals surface area contributed by atoms with Crippen molar-refractivity contribution in [3.63, 3.8) is 0 Å². The SMILES string of the molecule is CC1(C)ON(c2cn[nH]c2)OC1(C)C. The van der Waals surface area contributed by atoms with E-state index in [-0.39, 0.29) is 11.2 Å². The van der Waals surface area contributed by atoms with E-state index < -0.39 is 0 Å². The molecule has 1 aromatic heterocycles. The van der Waals surface area contributed by atoms with Crippen LogP contribution in [0.25, 0.3) is 0 Å². The molecule has 0 unspecified atom stereocenters. The van der Waals surface area contributed by atoms with Crippen LogP contribution in [0.4, 0.5) is 5.69 Å². The molecule has 0 amide bonds. The number of aromatic amines is 1. The summed E-state index contributed by atoms with van der Waals surface area (Å²) in [5.74, 6) is 0. The van der Waals surface area contributed by atoms with Gasteiger partial charge in [0.1, 0.15) is 16.9 Å². The number of anilines is 1. The summed E-state index contributed by atoms with van der Waals surface area (Å²) in [4.78, 5) is 11.3. The summed E-state index contributed by atoms with van der Waals surface area (Å²) < 4.78 is 0. The average Bonchev–Trinajstić information content (AvgIpc) is 2.58. The monoisotopic (exact) mass is 197 g/mol. The minimum absolute atomic E-state index is 0.357. The third-order valence-corrected chi connectivity index (χ3v) is 2.77. The lowest BCUT2D eigenvalue weighted by Crippen LogP contribution is -2.41. The first kappa shape index (κ1) is 9.48. The van der Waals surface area contributed by atoms with Crippen molar-refractivity contribution >= 4 is 5.69 Å². The molecular formula is C9H15N3O2. The molecule has 2 rings (SSSR count). The zero-order valence-corrected chi connectivity index (χ0v) is 8.87. The van der Waals surface area contributed by atoms with Crippen LogP contribution < -0.4 is 5.23 Å². The highest BCUT2D eigenvalue weighted by molar-refractivity contribution is 5.37. The number of hydrogen-bond donors (Lipinski definition) is 1. The van der Waals surface area contributed by atoms with Crippen molar-refractivity contribution in [2.45, 2.75) is 38.9 Å². The van der Waals surface area contributed by atoms with Gasteiger partial charge >= 0.3 is 0 Å². The van der Waals surface area contributed by atoms with Crippen LogP contribution in [0, 0.1) is 0 Å². The average molecular weight is 197 g/mol. The zero-order valence-electron chi connectivity index (χ0n) is 8.87. The van der Waals surface area contributed by atoms with Crippen LogP contribution in [0.1, 0.15) is 27.7 Å². The molecule has 0 atom stereocenters. The fourth-order valence-corrected chi connectivity index (χ4v) is 1.10. The molecule has 5 heteroatoms. The summed E-state index contributed by atoms with van der Waals surface area (Å²) >= 11 is 0. The van der Waals surface area contributed by atoms with Gasteiger partial charge in [-0.2, -0.15) is 5.10 Å². The Labute approximate surface area is 82.9 Å². The van der Waals surface area contributed by atoms with Crippen molar-refractivity contribution in [3.05, 3.63) is 12.4 Å². The van der Waals surface area contributed by atoms with Crippen LogP contribution in [0.5, 0.6) is 0 Å². The number of H-pyrrole nitrogens is 1. The van der Waals surface area contributed by atoms with E-state index in [0.29, 0.717) is 0 Å². The second-order valence-electron chi connectivity index (χ2n) is 4.42. The number of rotatable bonds is 1. The molecule has 2 heterocycles. The lowest BCUT2D eigenvalue weighted by molar-refractivity contribution is -0.0272. The molecule has 0 bridgehead atoms. The predicted octanol–water partition coefficient (Wildman–Crippen LogP) is 1.65. The first-order valence-corrected chi connectivity index (χ1v) is 4.59. The molecule has 14 heavy (non-hydrogen) atoms. The molecule has 1 fully saturated rings. The standard InChI is InChI=1S/C9H15N3O2/c1-8(2)9(3,4)14-12(13-8)7-5-10-11-6-7/h5-6H,1-4H3,(H,10,11). The Kier molecular flexibility index (Phi) is 1.84. The van der Waals surface area contributed by atoms with E-state index in [1.54, 1.807) is 12.4 Å². The van der Waals surface area contributed by atoms with Gasteiger partial charge in [0.2, 0.25) is 0 Å². The smallest absolute Gasteiger partial charge is 0.132 e. The predicted molar refractivity (Wildman–Crippen MR) is 51.4 cm³/mol. The van der Waals surface area contributed by atoms with E-state index in [1.165, 1.54) is 5.23 Å². The fourth-order valence-electron chi connectivity index (χ4n) is 1.10. The number of aromatic nitrogens is 2. The highest BCUT2D eigenvalue weighted by Crippen LogP contribution is 2.39. The molecule has 1 N–H and O–H groups in total. The van der Waals surface area contributed by atoms with E-state index in [4.69, 9.17) is 9.68 Å². The molecule has 0 saturated carbocycles. The second-order valence-corrected chi connectivity index (χ2v) is 4.42. The van der Waals surface area contributed by atoms with Crippen LogP contribution in [-0.4, -0.2) is 21.4 Å². The minimum Gasteiger partial charge on any atom is -0.283 e. The number of nitrogens with zero attached hydrogens (tertiary/aromatic N) is 2. The van der Waals surface area contributed by atoms with Gasteiger partial charge in [-0.05, 0) is 27.7 Å². The molecule has 5 nitrogen and oxygen atoms in total. The normalized spacial score (nSPS) is 24.1. The molecule has 1 aliphatic heterocycles. The summed E-state index contributed by atoms with van der Waals surface area (Å²) in [6, 6.07) is 0. The van der Waals surface area contributed by atoms with Gasteiger partial charge in [-0.3, -0.25) is 5.10 Å². The van der Waals surface area contributed by atoms with Gasteiger partial charge in [0.25, 0.3) is 0 Å². The first-order valence-electron chi connectivity index (χ1n) is 4.59. The first-order chi connectivity index (χ1) is 6.42. The lowest BCUT2D eigenvalue weighted by Gasteiger charge is -2.26. The largest absolute Gasteiger partial charge is 0.283 e. The second kappa shape index (κ2) is 2.71. The summed E-state index contributed by atoms with van der Waals surface area (Å²) in [5, 5.41) is 7.95. The number of nitrogens with one attached hydrogen (secondary N) is 1. The third-order valence-electron chi connectivity index (χ3n) is 2.77. The van der Waals surface area contributed by atoms with Gasteiger partial charge in [0, 0.05) is 0 Å². The maximum Gasteiger partial charge on any atom is 0.132 e. The topological polar surface area (TPSA) is 50.4 Å². The molecular weight excluding hydrogens is 182 g/mol. The highest BCUT2D eigenvalue weighted by atomic mass is 17.0. The Morgan fingerprint density at radius 2 is 1.79 bits per heavy atom. The minimum atomic E-state index is -0.357. The Bertz CT molecular complexity index is 303. The Balaban J connectivity index is 2.22. The van der Waals surface area contributed by atoms with Crippen molar-refractivity contribution in [2.75, 3.05) is 5.23 Å². The van der Waals surface area contributed by atoms with Gasteiger partial charge < -0.3 is 0 Å². The Hall–Kier alpha value is -1.07. The van der Waals surface area contributed by atoms with E-state index in [2.05, 4.69) is 10.2 Å². The lowest BCUT2D eigenvalue weighted by atomic mass is 9.90. The highest BCUT2D eigenvalue weighted by Gasteiger charge is 2.50. The molecule has 78 valence electrons. The molecule has 0 radical (unpaired) electrons. The van der Waals surface area contributed by atoms with Crippen molar-refractivity contribution in [1.29, 1.82) is 0 Å². The van der Waals surface area contributed by atoms with Crippen LogP contribution >= 0.6 is 0 Å². The van der Waals surface area contributed by atoms with E-state index >= 15 is 0 Å². The summed E-state index contributed by atoms with van der Waals surface area (Å²) in [6.07, 6.45) is 3.37. The summed E-state index contributed by atoms with van der Waals surface area (Å²) in [5.41, 5.74) is 0.0535. The molecule has 0 spiro atoms. The quantitative estimate of drug-likeness (QED) is 0.743. The molecule has 1 saturated heterocycles. The van der Waals surface area contributed by atoms with Gasteiger partial charge in [0.15, 0.2) is 0 Å². The Morgan fingerprint density at radius 3 is 2.21 bits per heavy atom.